The molecular formula is C11H14ClNO2V. The van der Waals surface area contributed by atoms with E-state index < -0.39 is 0 Å². The van der Waals surface area contributed by atoms with Crippen molar-refractivity contribution in [3.8, 4) is 0 Å². The van der Waals surface area contributed by atoms with E-state index in [4.69, 9.17) is 4.74 Å². The maximum atomic E-state index is 11.3. The van der Waals surface area contributed by atoms with Crippen LogP contribution in [-0.2, 0) is 41.1 Å². The van der Waals surface area contributed by atoms with Gasteiger partial charge in [0.2, 0.25) is 0 Å². The average Bonchev–Trinajstić information content (AvgIpc) is 2.27. The molecule has 0 saturated heterocycles. The molecule has 1 aromatic rings. The minimum Gasteiger partial charge on any atom is -0.468 e. The van der Waals surface area contributed by atoms with Gasteiger partial charge in [-0.2, -0.15) is 0 Å². The van der Waals surface area contributed by atoms with Crippen LogP contribution in [0.3, 0.4) is 0 Å². The van der Waals surface area contributed by atoms with Gasteiger partial charge in [-0.15, -0.1) is 12.4 Å². The number of carbonyl (C=O) groups excluding carboxylic acids is 1. The van der Waals surface area contributed by atoms with E-state index >= 15 is 0 Å². The first-order chi connectivity index (χ1) is 6.81. The van der Waals surface area contributed by atoms with Crippen LogP contribution in [0.4, 0.5) is 0 Å². The van der Waals surface area contributed by atoms with Crippen molar-refractivity contribution in [3.05, 3.63) is 35.4 Å². The molecule has 0 spiro atoms. The van der Waals surface area contributed by atoms with Crippen molar-refractivity contribution in [1.82, 2.24) is 5.32 Å². The number of nitrogens with one attached hydrogen (secondary N) is 1. The summed E-state index contributed by atoms with van der Waals surface area (Å²) in [5, 5.41) is 3.15. The topological polar surface area (TPSA) is 38.3 Å². The number of hydrogen-bond acceptors (Lipinski definition) is 3. The molecule has 0 bridgehead atoms. The number of carbonyl (C=O) groups is 1. The summed E-state index contributed by atoms with van der Waals surface area (Å²) >= 11 is 0. The molecule has 1 atom stereocenters. The number of benzene rings is 1. The number of hydrogen-bond donors (Lipinski definition) is 1. The molecule has 0 aromatic heterocycles. The second-order valence-corrected chi connectivity index (χ2v) is 3.43. The summed E-state index contributed by atoms with van der Waals surface area (Å²) in [6.07, 6.45) is 0.725. The fourth-order valence-electron chi connectivity index (χ4n) is 1.76. The van der Waals surface area contributed by atoms with Gasteiger partial charge in [0.05, 0.1) is 7.11 Å². The maximum absolute atomic E-state index is 11.3. The number of methoxy groups -OCH3 is 1. The van der Waals surface area contributed by atoms with Crippen molar-refractivity contribution >= 4 is 18.4 Å². The number of rotatable bonds is 1. The van der Waals surface area contributed by atoms with Crippen molar-refractivity contribution in [2.75, 3.05) is 7.11 Å². The van der Waals surface area contributed by atoms with Gasteiger partial charge in [0.25, 0.3) is 0 Å². The van der Waals surface area contributed by atoms with Crippen LogP contribution < -0.4 is 5.32 Å². The van der Waals surface area contributed by atoms with E-state index in [1.807, 2.05) is 12.1 Å². The molecule has 1 aliphatic heterocycles. The summed E-state index contributed by atoms with van der Waals surface area (Å²) in [4.78, 5) is 11.3. The summed E-state index contributed by atoms with van der Waals surface area (Å²) < 4.78 is 4.70. The Morgan fingerprint density at radius 2 is 2.00 bits per heavy atom. The summed E-state index contributed by atoms with van der Waals surface area (Å²) in [5.41, 5.74) is 2.51. The molecule has 0 saturated carbocycles. The van der Waals surface area contributed by atoms with Crippen LogP contribution in [0, 0.1) is 0 Å². The molecule has 1 aliphatic rings. The Balaban J connectivity index is 0.00000112. The third-order valence-electron chi connectivity index (χ3n) is 2.57. The molecule has 1 heterocycles. The van der Waals surface area contributed by atoms with E-state index in [1.165, 1.54) is 18.2 Å². The van der Waals surface area contributed by atoms with E-state index in [2.05, 4.69) is 17.4 Å². The first kappa shape index (κ1) is 15.5. The standard InChI is InChI=1S/C11H13NO2.ClH.V/c1-14-11(13)10-6-8-4-2-3-5-9(8)7-12-10;;/h2-5,10,12H,6-7H2,1H3;1H;/t10-;;/m0../s1. The minimum atomic E-state index is -0.185. The Labute approximate surface area is 113 Å². The Bertz CT molecular complexity index is 360. The molecule has 0 aliphatic carbocycles. The summed E-state index contributed by atoms with van der Waals surface area (Å²) in [6, 6.07) is 7.97. The molecule has 2 rings (SSSR count). The molecule has 0 amide bonds. The van der Waals surface area contributed by atoms with Crippen LogP contribution in [0.1, 0.15) is 11.1 Å². The fourth-order valence-corrected chi connectivity index (χ4v) is 1.76. The molecule has 16 heavy (non-hydrogen) atoms. The molecule has 1 radical (unpaired) electrons. The number of fused-ring (bicyclic) bond motifs is 1. The molecule has 0 unspecified atom stereocenters. The zero-order chi connectivity index (χ0) is 9.97. The molecule has 87 valence electrons. The largest absolute Gasteiger partial charge is 0.468 e. The van der Waals surface area contributed by atoms with Gasteiger partial charge in [-0.3, -0.25) is 4.79 Å². The number of halogens is 1. The maximum Gasteiger partial charge on any atom is 0.323 e. The average molecular weight is 279 g/mol. The third kappa shape index (κ3) is 3.26. The van der Waals surface area contributed by atoms with Gasteiger partial charge in [-0.25, -0.2) is 0 Å². The second kappa shape index (κ2) is 6.97. The smallest absolute Gasteiger partial charge is 0.323 e. The monoisotopic (exact) mass is 278 g/mol. The minimum absolute atomic E-state index is 0. The first-order valence-corrected chi connectivity index (χ1v) is 4.69. The van der Waals surface area contributed by atoms with E-state index in [0.29, 0.717) is 0 Å². The SMILES string of the molecule is COC(=O)[C@@H]1Cc2ccccc2CN1.Cl.[V]. The first-order valence-electron chi connectivity index (χ1n) is 4.69. The normalized spacial score (nSPS) is 17.4. The van der Waals surface area contributed by atoms with Crippen LogP contribution >= 0.6 is 12.4 Å². The van der Waals surface area contributed by atoms with Crippen molar-refractivity contribution < 1.29 is 28.1 Å². The van der Waals surface area contributed by atoms with Crippen LogP contribution in [0.15, 0.2) is 24.3 Å². The Kier molecular flexibility index (Phi) is 6.76. The molecule has 3 nitrogen and oxygen atoms in total. The van der Waals surface area contributed by atoms with Crippen molar-refractivity contribution in [1.29, 1.82) is 0 Å². The number of ether oxygens (including phenoxy) is 1. The zero-order valence-corrected chi connectivity index (χ0v) is 11.2. The third-order valence-corrected chi connectivity index (χ3v) is 2.57. The van der Waals surface area contributed by atoms with Gasteiger partial charge in [-0.1, -0.05) is 24.3 Å². The summed E-state index contributed by atoms with van der Waals surface area (Å²) in [7, 11) is 1.42. The Morgan fingerprint density at radius 3 is 2.62 bits per heavy atom. The van der Waals surface area contributed by atoms with Crippen LogP contribution in [0.5, 0.6) is 0 Å². The quantitative estimate of drug-likeness (QED) is 0.787. The van der Waals surface area contributed by atoms with Gasteiger partial charge in [-0.05, 0) is 17.5 Å². The fraction of sp³-hybridized carbons (Fsp3) is 0.364. The molecule has 1 aromatic carbocycles. The van der Waals surface area contributed by atoms with Gasteiger partial charge >= 0.3 is 5.97 Å². The van der Waals surface area contributed by atoms with E-state index in [9.17, 15) is 4.79 Å². The molecule has 0 fully saturated rings. The predicted octanol–water partition coefficient (Wildman–Crippen LogP) is 1.29. The van der Waals surface area contributed by atoms with Gasteiger partial charge in [0.1, 0.15) is 6.04 Å². The summed E-state index contributed by atoms with van der Waals surface area (Å²) in [5.74, 6) is -0.181. The Hall–Kier alpha value is -0.476. The van der Waals surface area contributed by atoms with Gasteiger partial charge < -0.3 is 10.1 Å². The number of esters is 1. The van der Waals surface area contributed by atoms with Crippen LogP contribution in [0.25, 0.3) is 0 Å². The second-order valence-electron chi connectivity index (χ2n) is 3.43. The zero-order valence-electron chi connectivity index (χ0n) is 8.97. The Morgan fingerprint density at radius 1 is 1.38 bits per heavy atom. The van der Waals surface area contributed by atoms with Crippen molar-refractivity contribution in [2.24, 2.45) is 0 Å². The molecule has 1 N–H and O–H groups in total. The van der Waals surface area contributed by atoms with Crippen molar-refractivity contribution in [3.63, 3.8) is 0 Å². The van der Waals surface area contributed by atoms with Crippen molar-refractivity contribution in [2.45, 2.75) is 19.0 Å². The van der Waals surface area contributed by atoms with Gasteiger partial charge in [0.15, 0.2) is 0 Å². The van der Waals surface area contributed by atoms with E-state index in [1.54, 1.807) is 0 Å². The van der Waals surface area contributed by atoms with Crippen LogP contribution in [0.2, 0.25) is 0 Å². The van der Waals surface area contributed by atoms with Crippen LogP contribution in [-0.4, -0.2) is 19.1 Å². The summed E-state index contributed by atoms with van der Waals surface area (Å²) in [6.45, 7) is 0.746. The predicted molar refractivity (Wildman–Crippen MR) is 60.0 cm³/mol. The van der Waals surface area contributed by atoms with E-state index in [0.717, 1.165) is 13.0 Å². The molecule has 5 heteroatoms. The molecular weight excluding hydrogens is 265 g/mol. The van der Waals surface area contributed by atoms with Gasteiger partial charge in [0, 0.05) is 25.1 Å². The van der Waals surface area contributed by atoms with E-state index in [-0.39, 0.29) is 43.0 Å².